The van der Waals surface area contributed by atoms with E-state index in [1.807, 2.05) is 0 Å². The summed E-state index contributed by atoms with van der Waals surface area (Å²) in [4.78, 5) is 15.2. The number of hydrogen-bond acceptors (Lipinski definition) is 3. The second kappa shape index (κ2) is 8.14. The van der Waals surface area contributed by atoms with Crippen molar-refractivity contribution in [1.29, 1.82) is 0 Å². The molecular weight excluding hydrogens is 393 g/mol. The number of nitrogens with zero attached hydrogens (tertiary/aromatic N) is 1. The molecule has 0 saturated carbocycles. The molecule has 2 aliphatic rings. The van der Waals surface area contributed by atoms with Crippen LogP contribution in [0.1, 0.15) is 35.4 Å². The molecule has 2 unspecified atom stereocenters. The summed E-state index contributed by atoms with van der Waals surface area (Å²) in [5.41, 5.74) is 0.344. The number of amides is 1. The molecule has 2 aliphatic heterocycles. The van der Waals surface area contributed by atoms with E-state index in [2.05, 4.69) is 5.32 Å². The smallest absolute Gasteiger partial charge is 0.417 e. The molecule has 2 heterocycles. The minimum atomic E-state index is -4.50. The maximum Gasteiger partial charge on any atom is 0.417 e. The van der Waals surface area contributed by atoms with Gasteiger partial charge < -0.3 is 15.0 Å². The summed E-state index contributed by atoms with van der Waals surface area (Å²) < 4.78 is 46.3. The topological polar surface area (TPSA) is 41.6 Å². The molecule has 158 valence electrons. The molecule has 0 radical (unpaired) electrons. The Balaban J connectivity index is 1.84. The third-order valence-electron chi connectivity index (χ3n) is 5.72. The number of benzene rings is 2. The number of hydrogen-bond donors (Lipinski definition) is 1. The zero-order valence-corrected chi connectivity index (χ0v) is 16.6. The van der Waals surface area contributed by atoms with Crippen molar-refractivity contribution in [3.63, 3.8) is 0 Å². The van der Waals surface area contributed by atoms with E-state index >= 15 is 0 Å². The summed E-state index contributed by atoms with van der Waals surface area (Å²) >= 11 is 0. The molecule has 1 saturated heterocycles. The molecule has 1 fully saturated rings. The Morgan fingerprint density at radius 3 is 2.53 bits per heavy atom. The molecular formula is C23H23F3N2O2. The molecule has 4 nitrogen and oxygen atoms in total. The molecule has 2 atom stereocenters. The number of halogens is 3. The Hall–Kier alpha value is -2.80. The van der Waals surface area contributed by atoms with Crippen molar-refractivity contribution in [2.24, 2.45) is 0 Å². The van der Waals surface area contributed by atoms with Crippen LogP contribution in [0, 0.1) is 0 Å². The summed E-state index contributed by atoms with van der Waals surface area (Å²) in [7, 11) is 1.55. The van der Waals surface area contributed by atoms with Gasteiger partial charge in [-0.15, -0.1) is 0 Å². The van der Waals surface area contributed by atoms with Gasteiger partial charge in [-0.2, -0.15) is 13.2 Å². The lowest BCUT2D eigenvalue weighted by atomic mass is 9.95. The molecule has 1 N–H and O–H groups in total. The van der Waals surface area contributed by atoms with Crippen molar-refractivity contribution in [3.05, 3.63) is 65.2 Å². The molecule has 0 aromatic heterocycles. The number of alkyl halides is 3. The third kappa shape index (κ3) is 3.81. The van der Waals surface area contributed by atoms with Gasteiger partial charge in [0.25, 0.3) is 0 Å². The third-order valence-corrected chi connectivity index (χ3v) is 5.72. The summed E-state index contributed by atoms with van der Waals surface area (Å²) in [5, 5.41) is 3.27. The van der Waals surface area contributed by atoms with Gasteiger partial charge in [-0.05, 0) is 49.2 Å². The van der Waals surface area contributed by atoms with Gasteiger partial charge in [0.05, 0.1) is 24.3 Å². The molecule has 30 heavy (non-hydrogen) atoms. The van der Waals surface area contributed by atoms with Crippen LogP contribution in [0.15, 0.2) is 48.5 Å². The molecule has 2 aromatic carbocycles. The number of rotatable bonds is 3. The highest BCUT2D eigenvalue weighted by Gasteiger charge is 2.39. The van der Waals surface area contributed by atoms with E-state index in [-0.39, 0.29) is 17.5 Å². The Bertz CT molecular complexity index is 948. The van der Waals surface area contributed by atoms with Crippen molar-refractivity contribution < 1.29 is 22.7 Å². The van der Waals surface area contributed by atoms with Crippen molar-refractivity contribution >= 4 is 17.7 Å². The Kier molecular flexibility index (Phi) is 5.56. The largest absolute Gasteiger partial charge is 0.497 e. The molecule has 7 heteroatoms. The van der Waals surface area contributed by atoms with Crippen molar-refractivity contribution in [2.45, 2.75) is 31.0 Å². The van der Waals surface area contributed by atoms with Crippen LogP contribution in [0.5, 0.6) is 5.75 Å². The van der Waals surface area contributed by atoms with Gasteiger partial charge in [-0.25, -0.2) is 0 Å². The van der Waals surface area contributed by atoms with E-state index in [1.165, 1.54) is 12.1 Å². The summed E-state index contributed by atoms with van der Waals surface area (Å²) in [6, 6.07) is 10.9. The molecule has 2 aromatic rings. The second-order valence-corrected chi connectivity index (χ2v) is 7.55. The van der Waals surface area contributed by atoms with Gasteiger partial charge in [-0.1, -0.05) is 30.4 Å². The van der Waals surface area contributed by atoms with E-state index in [0.717, 1.165) is 25.5 Å². The molecule has 0 bridgehead atoms. The zero-order chi connectivity index (χ0) is 21.3. The monoisotopic (exact) mass is 416 g/mol. The van der Waals surface area contributed by atoms with Crippen LogP contribution < -0.4 is 15.0 Å². The normalized spacial score (nSPS) is 21.9. The molecule has 0 aliphatic carbocycles. The standard InChI is InChI=1S/C23H23F3N2O2/c1-30-17-9-7-15(8-10-17)18-11-12-19-20(23(24,25)26)5-2-6-21(19)28(22(18)29)16-4-3-13-27-14-16/h2,5-12,16,18,27H,3-4,13-14H2,1H3. The Morgan fingerprint density at radius 1 is 1.13 bits per heavy atom. The van der Waals surface area contributed by atoms with Crippen molar-refractivity contribution in [3.8, 4) is 5.75 Å². The van der Waals surface area contributed by atoms with Crippen LogP contribution in [0.2, 0.25) is 0 Å². The van der Waals surface area contributed by atoms with Crippen LogP contribution in [0.25, 0.3) is 6.08 Å². The van der Waals surface area contributed by atoms with Crippen molar-refractivity contribution in [1.82, 2.24) is 5.32 Å². The van der Waals surface area contributed by atoms with Crippen molar-refractivity contribution in [2.75, 3.05) is 25.1 Å². The lowest BCUT2D eigenvalue weighted by Crippen LogP contribution is -2.50. The number of anilines is 1. The van der Waals surface area contributed by atoms with Crippen LogP contribution >= 0.6 is 0 Å². The van der Waals surface area contributed by atoms with E-state index in [1.54, 1.807) is 48.4 Å². The summed E-state index contributed by atoms with van der Waals surface area (Å²) in [6.45, 7) is 1.39. The van der Waals surface area contributed by atoms with Crippen LogP contribution in [-0.4, -0.2) is 32.1 Å². The first-order chi connectivity index (χ1) is 14.4. The fraction of sp³-hybridized carbons (Fsp3) is 0.348. The van der Waals surface area contributed by atoms with Gasteiger partial charge in [-0.3, -0.25) is 4.79 Å². The Labute approximate surface area is 173 Å². The summed E-state index contributed by atoms with van der Waals surface area (Å²) in [6.07, 6.45) is 0.123. The highest BCUT2D eigenvalue weighted by molar-refractivity contribution is 6.04. The zero-order valence-electron chi connectivity index (χ0n) is 16.6. The quantitative estimate of drug-likeness (QED) is 0.795. The molecule has 0 spiro atoms. The minimum absolute atomic E-state index is 0.0416. The molecule has 4 rings (SSSR count). The number of fused-ring (bicyclic) bond motifs is 1. The first kappa shape index (κ1) is 20.5. The number of nitrogens with one attached hydrogen (secondary N) is 1. The van der Waals surface area contributed by atoms with E-state index in [4.69, 9.17) is 4.74 Å². The molecule has 1 amide bonds. The number of carbonyl (C=O) groups is 1. The second-order valence-electron chi connectivity index (χ2n) is 7.55. The fourth-order valence-electron chi connectivity index (χ4n) is 4.22. The highest BCUT2D eigenvalue weighted by Crippen LogP contribution is 2.41. The van der Waals surface area contributed by atoms with E-state index < -0.39 is 17.7 Å². The number of piperidine rings is 1. The number of ether oxygens (including phenoxy) is 1. The van der Waals surface area contributed by atoms with Crippen LogP contribution in [-0.2, 0) is 11.0 Å². The number of carbonyl (C=O) groups excluding carboxylic acids is 1. The highest BCUT2D eigenvalue weighted by atomic mass is 19.4. The van der Waals surface area contributed by atoms with Crippen LogP contribution in [0.3, 0.4) is 0 Å². The van der Waals surface area contributed by atoms with Gasteiger partial charge >= 0.3 is 6.18 Å². The predicted molar refractivity (Wildman–Crippen MR) is 110 cm³/mol. The summed E-state index contributed by atoms with van der Waals surface area (Å²) in [5.74, 6) is -0.241. The lowest BCUT2D eigenvalue weighted by molar-refractivity contribution is -0.137. The first-order valence-electron chi connectivity index (χ1n) is 9.96. The van der Waals surface area contributed by atoms with Gasteiger partial charge in [0, 0.05) is 18.2 Å². The number of methoxy groups -OCH3 is 1. The van der Waals surface area contributed by atoms with Gasteiger partial charge in [0.1, 0.15) is 5.75 Å². The van der Waals surface area contributed by atoms with Gasteiger partial charge in [0.15, 0.2) is 0 Å². The van der Waals surface area contributed by atoms with Gasteiger partial charge in [0.2, 0.25) is 5.91 Å². The lowest BCUT2D eigenvalue weighted by Gasteiger charge is -2.36. The average Bonchev–Trinajstić information content (AvgIpc) is 2.89. The minimum Gasteiger partial charge on any atom is -0.497 e. The average molecular weight is 416 g/mol. The maximum absolute atomic E-state index is 13.7. The Morgan fingerprint density at radius 2 is 1.90 bits per heavy atom. The van der Waals surface area contributed by atoms with E-state index in [0.29, 0.717) is 23.5 Å². The van der Waals surface area contributed by atoms with Crippen LogP contribution in [0.4, 0.5) is 18.9 Å². The first-order valence-corrected chi connectivity index (χ1v) is 9.96. The maximum atomic E-state index is 13.7. The van der Waals surface area contributed by atoms with E-state index in [9.17, 15) is 18.0 Å². The fourth-order valence-corrected chi connectivity index (χ4v) is 4.22. The predicted octanol–water partition coefficient (Wildman–Crippen LogP) is 4.61. The SMILES string of the molecule is COc1ccc(C2C=Cc3c(cccc3C(F)(F)F)N(C3CCCNC3)C2=O)cc1.